The Morgan fingerprint density at radius 3 is 2.36 bits per heavy atom. The number of fused-ring (bicyclic) bond motifs is 1. The number of hydrogen-bond donors (Lipinski definition) is 0. The van der Waals surface area contributed by atoms with Crippen LogP contribution < -0.4 is 16.0 Å². The summed E-state index contributed by atoms with van der Waals surface area (Å²) in [5.41, 5.74) is -0.111. The predicted octanol–water partition coefficient (Wildman–Crippen LogP) is 0.725. The Morgan fingerprint density at radius 2 is 1.79 bits per heavy atom. The Labute approximate surface area is 163 Å². The van der Waals surface area contributed by atoms with E-state index in [4.69, 9.17) is 4.74 Å². The molecule has 0 atom stereocenters. The van der Waals surface area contributed by atoms with Crippen molar-refractivity contribution < 1.29 is 9.53 Å². The molecule has 3 heterocycles. The number of ether oxygens (including phenoxy) is 1. The fourth-order valence-electron chi connectivity index (χ4n) is 3.32. The molecule has 1 fully saturated rings. The SMILES string of the molecule is CC(C)CCn1c(OC2CN(C(=O)C(C)C)C2)nc2c1c(=O)n(C)c(=O)n2C. The van der Waals surface area contributed by atoms with Crippen LogP contribution >= 0.6 is 0 Å². The lowest BCUT2D eigenvalue weighted by Crippen LogP contribution is -2.57. The molecule has 0 saturated carbocycles. The van der Waals surface area contributed by atoms with E-state index in [0.29, 0.717) is 42.7 Å². The summed E-state index contributed by atoms with van der Waals surface area (Å²) in [5, 5.41) is 0. The molecule has 154 valence electrons. The molecule has 0 aromatic carbocycles. The van der Waals surface area contributed by atoms with Gasteiger partial charge in [0.05, 0.1) is 13.1 Å². The van der Waals surface area contributed by atoms with Crippen molar-refractivity contribution in [3.63, 3.8) is 0 Å². The van der Waals surface area contributed by atoms with E-state index in [-0.39, 0.29) is 23.5 Å². The van der Waals surface area contributed by atoms with Crippen molar-refractivity contribution in [1.29, 1.82) is 0 Å². The molecule has 0 radical (unpaired) electrons. The summed E-state index contributed by atoms with van der Waals surface area (Å²) in [7, 11) is 3.06. The van der Waals surface area contributed by atoms with E-state index < -0.39 is 5.69 Å². The summed E-state index contributed by atoms with van der Waals surface area (Å²) in [5.74, 6) is 0.489. The first-order chi connectivity index (χ1) is 13.1. The molecule has 2 aromatic rings. The first-order valence-electron chi connectivity index (χ1n) is 9.73. The van der Waals surface area contributed by atoms with Gasteiger partial charge in [-0.15, -0.1) is 0 Å². The fourth-order valence-corrected chi connectivity index (χ4v) is 3.32. The van der Waals surface area contributed by atoms with Crippen molar-refractivity contribution in [2.45, 2.75) is 46.8 Å². The van der Waals surface area contributed by atoms with Crippen molar-refractivity contribution in [2.24, 2.45) is 25.9 Å². The van der Waals surface area contributed by atoms with Gasteiger partial charge in [-0.2, -0.15) is 4.98 Å². The molecule has 28 heavy (non-hydrogen) atoms. The second-order valence-electron chi connectivity index (χ2n) is 8.24. The number of amides is 1. The Balaban J connectivity index is 1.96. The van der Waals surface area contributed by atoms with Gasteiger partial charge in [0.1, 0.15) is 6.10 Å². The Morgan fingerprint density at radius 1 is 1.14 bits per heavy atom. The fraction of sp³-hybridized carbons (Fsp3) is 0.684. The quantitative estimate of drug-likeness (QED) is 0.724. The van der Waals surface area contributed by atoms with E-state index in [1.54, 1.807) is 16.5 Å². The average Bonchev–Trinajstić information content (AvgIpc) is 2.96. The molecule has 9 nitrogen and oxygen atoms in total. The first-order valence-corrected chi connectivity index (χ1v) is 9.73. The van der Waals surface area contributed by atoms with Gasteiger partial charge in [0.25, 0.3) is 11.6 Å². The van der Waals surface area contributed by atoms with Crippen LogP contribution in [0, 0.1) is 11.8 Å². The average molecular weight is 391 g/mol. The molecular weight excluding hydrogens is 362 g/mol. The Hall–Kier alpha value is -2.58. The van der Waals surface area contributed by atoms with Crippen molar-refractivity contribution >= 4 is 17.1 Å². The second-order valence-corrected chi connectivity index (χ2v) is 8.24. The zero-order chi connectivity index (χ0) is 20.7. The number of carbonyl (C=O) groups excluding carboxylic acids is 1. The van der Waals surface area contributed by atoms with Gasteiger partial charge in [-0.1, -0.05) is 27.7 Å². The van der Waals surface area contributed by atoms with E-state index in [1.165, 1.54) is 11.6 Å². The molecule has 1 aliphatic rings. The summed E-state index contributed by atoms with van der Waals surface area (Å²) < 4.78 is 10.3. The molecule has 9 heteroatoms. The van der Waals surface area contributed by atoms with Crippen LogP contribution in [0.2, 0.25) is 0 Å². The highest BCUT2D eigenvalue weighted by Gasteiger charge is 2.34. The van der Waals surface area contributed by atoms with Gasteiger partial charge in [-0.3, -0.25) is 23.3 Å². The van der Waals surface area contributed by atoms with Crippen LogP contribution in [-0.4, -0.2) is 48.7 Å². The minimum Gasteiger partial charge on any atom is -0.458 e. The van der Waals surface area contributed by atoms with Crippen molar-refractivity contribution in [1.82, 2.24) is 23.6 Å². The van der Waals surface area contributed by atoms with Crippen LogP contribution in [0.4, 0.5) is 0 Å². The van der Waals surface area contributed by atoms with Crippen molar-refractivity contribution in [3.05, 3.63) is 20.8 Å². The standard InChI is InChI=1S/C19H29N5O4/c1-11(2)7-8-24-14-15(21(5)19(27)22(6)17(14)26)20-18(24)28-13-9-23(10-13)16(25)12(3)4/h11-13H,7-10H2,1-6H3. The number of likely N-dealkylation sites (tertiary alicyclic amines) is 1. The molecule has 3 rings (SSSR count). The Kier molecular flexibility index (Phi) is 5.36. The van der Waals surface area contributed by atoms with Crippen LogP contribution in [0.5, 0.6) is 6.01 Å². The van der Waals surface area contributed by atoms with E-state index in [1.807, 2.05) is 13.8 Å². The van der Waals surface area contributed by atoms with Gasteiger partial charge in [-0.25, -0.2) is 4.79 Å². The molecule has 0 unspecified atom stereocenters. The normalized spacial score (nSPS) is 14.9. The van der Waals surface area contributed by atoms with Crippen LogP contribution in [0.25, 0.3) is 11.2 Å². The van der Waals surface area contributed by atoms with Gasteiger partial charge in [0, 0.05) is 26.6 Å². The molecular formula is C19H29N5O4. The van der Waals surface area contributed by atoms with Crippen molar-refractivity contribution in [3.8, 4) is 6.01 Å². The molecule has 2 aromatic heterocycles. The smallest absolute Gasteiger partial charge is 0.332 e. The minimum atomic E-state index is -0.421. The molecule has 1 saturated heterocycles. The number of hydrogen-bond acceptors (Lipinski definition) is 5. The van der Waals surface area contributed by atoms with E-state index in [2.05, 4.69) is 18.8 Å². The number of nitrogens with zero attached hydrogens (tertiary/aromatic N) is 5. The van der Waals surface area contributed by atoms with Crippen LogP contribution in [0.15, 0.2) is 9.59 Å². The van der Waals surface area contributed by atoms with Crippen molar-refractivity contribution in [2.75, 3.05) is 13.1 Å². The van der Waals surface area contributed by atoms with Gasteiger partial charge in [0.2, 0.25) is 5.91 Å². The first kappa shape index (κ1) is 20.2. The topological polar surface area (TPSA) is 91.4 Å². The second kappa shape index (κ2) is 7.44. The van der Waals surface area contributed by atoms with Gasteiger partial charge < -0.3 is 9.64 Å². The van der Waals surface area contributed by atoms with Crippen LogP contribution in [0.1, 0.15) is 34.1 Å². The van der Waals surface area contributed by atoms with E-state index in [9.17, 15) is 14.4 Å². The van der Waals surface area contributed by atoms with Crippen LogP contribution in [-0.2, 0) is 25.4 Å². The summed E-state index contributed by atoms with van der Waals surface area (Å²) >= 11 is 0. The number of imidazole rings is 1. The lowest BCUT2D eigenvalue weighted by molar-refractivity contribution is -0.143. The predicted molar refractivity (Wildman–Crippen MR) is 106 cm³/mol. The Bertz CT molecular complexity index is 1010. The zero-order valence-corrected chi connectivity index (χ0v) is 17.4. The third-order valence-electron chi connectivity index (χ3n) is 5.17. The number of rotatable bonds is 6. The van der Waals surface area contributed by atoms with Gasteiger partial charge in [0.15, 0.2) is 11.2 Å². The van der Waals surface area contributed by atoms with Gasteiger partial charge in [-0.05, 0) is 12.3 Å². The summed E-state index contributed by atoms with van der Waals surface area (Å²) in [4.78, 5) is 43.3. The maximum Gasteiger partial charge on any atom is 0.332 e. The lowest BCUT2D eigenvalue weighted by atomic mass is 10.1. The summed E-state index contributed by atoms with van der Waals surface area (Å²) in [6.45, 7) is 9.53. The summed E-state index contributed by atoms with van der Waals surface area (Å²) in [6, 6.07) is 0.329. The molecule has 1 amide bonds. The third kappa shape index (κ3) is 3.45. The monoisotopic (exact) mass is 391 g/mol. The highest BCUT2D eigenvalue weighted by molar-refractivity contribution is 5.79. The molecule has 0 bridgehead atoms. The maximum atomic E-state index is 12.7. The van der Waals surface area contributed by atoms with E-state index in [0.717, 1.165) is 11.0 Å². The molecule has 1 aliphatic heterocycles. The third-order valence-corrected chi connectivity index (χ3v) is 5.17. The minimum absolute atomic E-state index is 0.0471. The van der Waals surface area contributed by atoms with Gasteiger partial charge >= 0.3 is 5.69 Å². The lowest BCUT2D eigenvalue weighted by Gasteiger charge is -2.39. The molecule has 0 aliphatic carbocycles. The van der Waals surface area contributed by atoms with E-state index >= 15 is 0 Å². The number of aromatic nitrogens is 4. The number of aryl methyl sites for hydroxylation is 2. The largest absolute Gasteiger partial charge is 0.458 e. The zero-order valence-electron chi connectivity index (χ0n) is 17.4. The molecule has 0 N–H and O–H groups in total. The highest BCUT2D eigenvalue weighted by atomic mass is 16.5. The molecule has 0 spiro atoms. The maximum absolute atomic E-state index is 12.7. The summed E-state index contributed by atoms with van der Waals surface area (Å²) in [6.07, 6.45) is 0.675. The highest BCUT2D eigenvalue weighted by Crippen LogP contribution is 2.23. The van der Waals surface area contributed by atoms with Crippen LogP contribution in [0.3, 0.4) is 0 Å². The number of carbonyl (C=O) groups is 1.